The summed E-state index contributed by atoms with van der Waals surface area (Å²) in [5, 5.41) is 1.12. The molecule has 3 rings (SSSR count). The van der Waals surface area contributed by atoms with Crippen molar-refractivity contribution in [3.05, 3.63) is 54.5 Å². The van der Waals surface area contributed by atoms with Crippen LogP contribution >= 0.6 is 0 Å². The van der Waals surface area contributed by atoms with Gasteiger partial charge in [0.25, 0.3) is 0 Å². The average Bonchev–Trinajstić information content (AvgIpc) is 2.39. The summed E-state index contributed by atoms with van der Waals surface area (Å²) in [5.74, 6) is 0. The molecule has 18 heavy (non-hydrogen) atoms. The van der Waals surface area contributed by atoms with E-state index < -0.39 is 0 Å². The summed E-state index contributed by atoms with van der Waals surface area (Å²) in [7, 11) is 0. The van der Waals surface area contributed by atoms with E-state index in [1.54, 1.807) is 12.4 Å². The second-order valence-corrected chi connectivity index (χ2v) is 4.32. The number of pyridine rings is 2. The van der Waals surface area contributed by atoms with Crippen LogP contribution in [-0.4, -0.2) is 9.97 Å². The number of anilines is 1. The van der Waals surface area contributed by atoms with Crippen molar-refractivity contribution in [2.45, 2.75) is 6.92 Å². The van der Waals surface area contributed by atoms with Crippen molar-refractivity contribution < 1.29 is 0 Å². The van der Waals surface area contributed by atoms with Gasteiger partial charge in [0.05, 0.1) is 17.4 Å². The Labute approximate surface area is 105 Å². The molecule has 0 bridgehead atoms. The van der Waals surface area contributed by atoms with Crippen molar-refractivity contribution in [1.29, 1.82) is 0 Å². The second-order valence-electron chi connectivity index (χ2n) is 4.32. The van der Waals surface area contributed by atoms with E-state index in [1.807, 2.05) is 31.2 Å². The minimum atomic E-state index is 0.692. The monoisotopic (exact) mass is 235 g/mol. The van der Waals surface area contributed by atoms with Crippen LogP contribution in [0.4, 0.5) is 5.69 Å². The summed E-state index contributed by atoms with van der Waals surface area (Å²) in [6, 6.07) is 12.2. The third-order valence-corrected chi connectivity index (χ3v) is 2.99. The molecule has 3 nitrogen and oxygen atoms in total. The van der Waals surface area contributed by atoms with Crippen molar-refractivity contribution in [1.82, 2.24) is 9.97 Å². The summed E-state index contributed by atoms with van der Waals surface area (Å²) < 4.78 is 0. The maximum atomic E-state index is 5.94. The number of hydrogen-bond donors (Lipinski definition) is 1. The lowest BCUT2D eigenvalue weighted by Crippen LogP contribution is -1.91. The van der Waals surface area contributed by atoms with Crippen molar-refractivity contribution in [2.24, 2.45) is 0 Å². The van der Waals surface area contributed by atoms with E-state index in [9.17, 15) is 0 Å². The van der Waals surface area contributed by atoms with Gasteiger partial charge in [-0.2, -0.15) is 0 Å². The zero-order chi connectivity index (χ0) is 12.5. The fraction of sp³-hybridized carbons (Fsp3) is 0.0667. The number of nitrogen functional groups attached to an aromatic ring is 1. The normalized spacial score (nSPS) is 10.7. The Morgan fingerprint density at radius 1 is 1.06 bits per heavy atom. The van der Waals surface area contributed by atoms with E-state index in [1.165, 1.54) is 0 Å². The fourth-order valence-corrected chi connectivity index (χ4v) is 2.06. The quantitative estimate of drug-likeness (QED) is 0.704. The average molecular weight is 235 g/mol. The molecule has 3 heteroatoms. The molecule has 3 aromatic rings. The van der Waals surface area contributed by atoms with Gasteiger partial charge in [0.1, 0.15) is 0 Å². The van der Waals surface area contributed by atoms with Crippen LogP contribution in [0.25, 0.3) is 22.0 Å². The van der Waals surface area contributed by atoms with Crippen LogP contribution in [0.1, 0.15) is 5.69 Å². The van der Waals surface area contributed by atoms with Crippen molar-refractivity contribution >= 4 is 16.6 Å². The molecule has 0 saturated heterocycles. The van der Waals surface area contributed by atoms with E-state index in [-0.39, 0.29) is 0 Å². The Morgan fingerprint density at radius 3 is 2.78 bits per heavy atom. The summed E-state index contributed by atoms with van der Waals surface area (Å²) >= 11 is 0. The number of benzene rings is 1. The number of rotatable bonds is 1. The maximum Gasteiger partial charge on any atom is 0.0705 e. The summed E-state index contributed by atoms with van der Waals surface area (Å²) in [6.07, 6.45) is 3.43. The highest BCUT2D eigenvalue weighted by Gasteiger charge is 2.03. The van der Waals surface area contributed by atoms with E-state index in [2.05, 4.69) is 22.1 Å². The molecular formula is C15H13N3. The van der Waals surface area contributed by atoms with Crippen LogP contribution in [0.3, 0.4) is 0 Å². The highest BCUT2D eigenvalue weighted by Crippen LogP contribution is 2.27. The molecule has 0 aliphatic carbocycles. The molecule has 0 spiro atoms. The number of fused-ring (bicyclic) bond motifs is 1. The van der Waals surface area contributed by atoms with E-state index >= 15 is 0 Å². The van der Waals surface area contributed by atoms with Crippen LogP contribution in [0.15, 0.2) is 48.8 Å². The number of nitrogens with zero attached hydrogens (tertiary/aromatic N) is 2. The van der Waals surface area contributed by atoms with Gasteiger partial charge < -0.3 is 5.73 Å². The van der Waals surface area contributed by atoms with E-state index in [4.69, 9.17) is 5.73 Å². The highest BCUT2D eigenvalue weighted by molar-refractivity contribution is 5.87. The smallest absolute Gasteiger partial charge is 0.0705 e. The van der Waals surface area contributed by atoms with Crippen LogP contribution in [0.2, 0.25) is 0 Å². The molecule has 0 aliphatic rings. The lowest BCUT2D eigenvalue weighted by Gasteiger charge is -2.06. The zero-order valence-electron chi connectivity index (χ0n) is 10.1. The molecule has 0 amide bonds. The summed E-state index contributed by atoms with van der Waals surface area (Å²) in [6.45, 7) is 1.99. The number of aryl methyl sites for hydroxylation is 1. The van der Waals surface area contributed by atoms with Crippen LogP contribution in [0.5, 0.6) is 0 Å². The molecule has 2 aromatic heterocycles. The topological polar surface area (TPSA) is 51.8 Å². The van der Waals surface area contributed by atoms with Crippen molar-refractivity contribution in [3.8, 4) is 11.1 Å². The molecule has 2 N–H and O–H groups in total. The number of aromatic nitrogens is 2. The van der Waals surface area contributed by atoms with Crippen molar-refractivity contribution in [3.63, 3.8) is 0 Å². The Hall–Kier alpha value is -2.42. The van der Waals surface area contributed by atoms with Gasteiger partial charge in [-0.3, -0.25) is 9.97 Å². The fourth-order valence-electron chi connectivity index (χ4n) is 2.06. The Kier molecular flexibility index (Phi) is 2.45. The minimum absolute atomic E-state index is 0.692. The van der Waals surface area contributed by atoms with Gasteiger partial charge in [-0.05, 0) is 36.8 Å². The SMILES string of the molecule is Cc1ccc2cc(-c3ccncc3N)ccc2n1. The van der Waals surface area contributed by atoms with Gasteiger partial charge in [-0.1, -0.05) is 12.1 Å². The molecule has 0 atom stereocenters. The second kappa shape index (κ2) is 4.11. The standard InChI is InChI=1S/C15H13N3/c1-10-2-3-12-8-11(4-5-15(12)18-10)13-6-7-17-9-14(13)16/h2-9H,16H2,1H3. The molecule has 1 aromatic carbocycles. The zero-order valence-corrected chi connectivity index (χ0v) is 10.1. The van der Waals surface area contributed by atoms with Gasteiger partial charge >= 0.3 is 0 Å². The third kappa shape index (κ3) is 1.80. The summed E-state index contributed by atoms with van der Waals surface area (Å²) in [4.78, 5) is 8.50. The maximum absolute atomic E-state index is 5.94. The van der Waals surface area contributed by atoms with Gasteiger partial charge in [0, 0.05) is 22.8 Å². The van der Waals surface area contributed by atoms with Gasteiger partial charge in [0.15, 0.2) is 0 Å². The predicted octanol–water partition coefficient (Wildman–Crippen LogP) is 3.19. The Balaban J connectivity index is 2.20. The Bertz CT molecular complexity index is 720. The third-order valence-electron chi connectivity index (χ3n) is 2.99. The molecule has 0 aliphatic heterocycles. The van der Waals surface area contributed by atoms with E-state index in [0.717, 1.165) is 27.7 Å². The first-order valence-corrected chi connectivity index (χ1v) is 5.81. The largest absolute Gasteiger partial charge is 0.397 e. The van der Waals surface area contributed by atoms with Crippen LogP contribution < -0.4 is 5.73 Å². The molecular weight excluding hydrogens is 222 g/mol. The van der Waals surface area contributed by atoms with Gasteiger partial charge in [0.2, 0.25) is 0 Å². The van der Waals surface area contributed by atoms with Gasteiger partial charge in [-0.15, -0.1) is 0 Å². The predicted molar refractivity (Wildman–Crippen MR) is 74.1 cm³/mol. The molecule has 0 radical (unpaired) electrons. The van der Waals surface area contributed by atoms with E-state index in [0.29, 0.717) is 5.69 Å². The molecule has 2 heterocycles. The number of nitrogens with two attached hydrogens (primary N) is 1. The van der Waals surface area contributed by atoms with Gasteiger partial charge in [-0.25, -0.2) is 0 Å². The summed E-state index contributed by atoms with van der Waals surface area (Å²) in [5.41, 5.74) is 10.8. The lowest BCUT2D eigenvalue weighted by molar-refractivity contribution is 1.26. The van der Waals surface area contributed by atoms with Crippen LogP contribution in [0, 0.1) is 6.92 Å². The minimum Gasteiger partial charge on any atom is -0.397 e. The number of hydrogen-bond acceptors (Lipinski definition) is 3. The lowest BCUT2D eigenvalue weighted by atomic mass is 10.0. The van der Waals surface area contributed by atoms with Crippen molar-refractivity contribution in [2.75, 3.05) is 5.73 Å². The first-order valence-electron chi connectivity index (χ1n) is 5.81. The first-order chi connectivity index (χ1) is 8.74. The first kappa shape index (κ1) is 10.7. The molecule has 88 valence electrons. The molecule has 0 unspecified atom stereocenters. The molecule has 0 fully saturated rings. The molecule has 0 saturated carbocycles. The highest BCUT2D eigenvalue weighted by atomic mass is 14.7. The Morgan fingerprint density at radius 2 is 1.94 bits per heavy atom. The van der Waals surface area contributed by atoms with Crippen LogP contribution in [-0.2, 0) is 0 Å².